The van der Waals surface area contributed by atoms with Crippen LogP contribution in [0.25, 0.3) is 0 Å². The molecule has 0 aliphatic heterocycles. The Morgan fingerprint density at radius 1 is 0.269 bits per heavy atom. The maximum absolute atomic E-state index is 12.8. The molecule has 6 heteroatoms. The molecule has 78 heavy (non-hydrogen) atoms. The van der Waals surface area contributed by atoms with Gasteiger partial charge in [-0.2, -0.15) is 0 Å². The minimum atomic E-state index is -0.816. The van der Waals surface area contributed by atoms with Gasteiger partial charge in [-0.25, -0.2) is 0 Å². The maximum Gasteiger partial charge on any atom is 0.306 e. The molecule has 0 bridgehead atoms. The molecule has 0 fully saturated rings. The lowest BCUT2D eigenvalue weighted by atomic mass is 10.1. The van der Waals surface area contributed by atoms with Crippen molar-refractivity contribution in [2.75, 3.05) is 13.2 Å². The summed E-state index contributed by atoms with van der Waals surface area (Å²) < 4.78 is 16.8. The quantitative estimate of drug-likeness (QED) is 0.0261. The molecule has 0 N–H and O–H groups in total. The van der Waals surface area contributed by atoms with E-state index in [4.69, 9.17) is 14.2 Å². The van der Waals surface area contributed by atoms with Crippen LogP contribution in [0.2, 0.25) is 0 Å². The van der Waals surface area contributed by atoms with Crippen LogP contribution >= 0.6 is 0 Å². The standard InChI is InChI=1S/C72H112O6/c1-4-7-10-13-16-19-22-24-26-27-28-29-30-31-32-33-34-35-36-37-38-39-40-41-42-43-44-45-47-48-50-53-56-59-62-65-71(74)77-68-69(67-76-70(73)64-61-58-55-52-21-18-15-12-9-6-3)78-72(75)66-63-60-57-54-51-49-46-25-23-20-17-14-11-8-5-2/h7-8,10-11,16-17,19-20,24-26,28-29,31-32,34-35,37-38,40-41,43-44,46-48,51,54,69H,4-6,9,12-15,18,21-23,27,30,33,36,39,42,45,49-50,52-53,55-68H2,1-3H3/b10-7-,11-8-,19-16-,20-17-,26-24-,29-28-,32-31-,35-34-,38-37-,41-40-,44-43-,46-25-,48-47-,54-51-. The van der Waals surface area contributed by atoms with Crippen LogP contribution < -0.4 is 0 Å². The van der Waals surface area contributed by atoms with Gasteiger partial charge in [-0.05, 0) is 135 Å². The van der Waals surface area contributed by atoms with Crippen molar-refractivity contribution >= 4 is 17.9 Å². The van der Waals surface area contributed by atoms with Gasteiger partial charge in [-0.1, -0.05) is 262 Å². The maximum atomic E-state index is 12.8. The molecule has 1 unspecified atom stereocenters. The summed E-state index contributed by atoms with van der Waals surface area (Å²) in [6, 6.07) is 0. The van der Waals surface area contributed by atoms with Gasteiger partial charge in [-0.15, -0.1) is 0 Å². The largest absolute Gasteiger partial charge is 0.462 e. The molecule has 1 atom stereocenters. The fourth-order valence-electron chi connectivity index (χ4n) is 7.87. The van der Waals surface area contributed by atoms with E-state index in [-0.39, 0.29) is 37.5 Å². The van der Waals surface area contributed by atoms with E-state index in [0.29, 0.717) is 19.3 Å². The highest BCUT2D eigenvalue weighted by atomic mass is 16.6. The third-order valence-corrected chi connectivity index (χ3v) is 12.5. The Hall–Kier alpha value is -5.23. The summed E-state index contributed by atoms with van der Waals surface area (Å²) in [6.45, 7) is 6.32. The molecule has 0 aliphatic carbocycles. The highest BCUT2D eigenvalue weighted by Crippen LogP contribution is 2.13. The number of carbonyl (C=O) groups excluding carboxylic acids is 3. The number of carbonyl (C=O) groups is 3. The van der Waals surface area contributed by atoms with Crippen LogP contribution in [0.3, 0.4) is 0 Å². The SMILES string of the molecule is CC/C=C\C/C=C\C/C=C\C/C=C\C/C=C\C/C=C\C/C=C\C/C=C\C/C=C\C/C=C\CCCCCCC(=O)OCC(COC(=O)CCCCCCCCCCCC)OC(=O)CCCC/C=C\C/C=C\C/C=C\C/C=C\CC. The van der Waals surface area contributed by atoms with Gasteiger partial charge < -0.3 is 14.2 Å². The summed E-state index contributed by atoms with van der Waals surface area (Å²) in [5, 5.41) is 0. The van der Waals surface area contributed by atoms with Gasteiger partial charge in [0.1, 0.15) is 13.2 Å². The Balaban J connectivity index is 4.32. The van der Waals surface area contributed by atoms with Crippen molar-refractivity contribution in [2.24, 2.45) is 0 Å². The van der Waals surface area contributed by atoms with E-state index in [1.54, 1.807) is 0 Å². The molecule has 6 nitrogen and oxygen atoms in total. The lowest BCUT2D eigenvalue weighted by Crippen LogP contribution is -2.30. The predicted octanol–water partition coefficient (Wildman–Crippen LogP) is 21.5. The first-order valence-corrected chi connectivity index (χ1v) is 31.1. The molecule has 436 valence electrons. The van der Waals surface area contributed by atoms with Crippen LogP contribution in [0.1, 0.15) is 245 Å². The van der Waals surface area contributed by atoms with Crippen LogP contribution in [-0.2, 0) is 28.6 Å². The van der Waals surface area contributed by atoms with Crippen LogP contribution in [0.4, 0.5) is 0 Å². The highest BCUT2D eigenvalue weighted by molar-refractivity contribution is 5.71. The molecule has 0 spiro atoms. The van der Waals surface area contributed by atoms with Crippen LogP contribution in [0, 0.1) is 0 Å². The molecule has 0 aliphatic rings. The first-order chi connectivity index (χ1) is 38.5. The smallest absolute Gasteiger partial charge is 0.306 e. The monoisotopic (exact) mass is 1070 g/mol. The zero-order valence-corrected chi connectivity index (χ0v) is 49.9. The molecule has 0 aromatic rings. The van der Waals surface area contributed by atoms with E-state index in [2.05, 4.69) is 191 Å². The number of ether oxygens (including phenoxy) is 3. The summed E-state index contributed by atoms with van der Waals surface area (Å²) in [5.74, 6) is -0.986. The lowest BCUT2D eigenvalue weighted by Gasteiger charge is -2.18. The van der Waals surface area contributed by atoms with Gasteiger partial charge in [-0.3, -0.25) is 14.4 Å². The van der Waals surface area contributed by atoms with E-state index in [1.807, 2.05) is 0 Å². The Kier molecular flexibility index (Phi) is 60.0. The van der Waals surface area contributed by atoms with Gasteiger partial charge in [0, 0.05) is 19.3 Å². The van der Waals surface area contributed by atoms with E-state index >= 15 is 0 Å². The molecule has 0 aromatic heterocycles. The number of esters is 3. The number of allylic oxidation sites excluding steroid dienone is 28. The minimum Gasteiger partial charge on any atom is -0.462 e. The van der Waals surface area contributed by atoms with Crippen molar-refractivity contribution in [1.82, 2.24) is 0 Å². The highest BCUT2D eigenvalue weighted by Gasteiger charge is 2.19. The molecule has 0 amide bonds. The summed E-state index contributed by atoms with van der Waals surface area (Å²) in [4.78, 5) is 38.1. The van der Waals surface area contributed by atoms with Gasteiger partial charge in [0.2, 0.25) is 0 Å². The molecular weight excluding hydrogens is 961 g/mol. The van der Waals surface area contributed by atoms with Crippen LogP contribution in [-0.4, -0.2) is 37.2 Å². The summed E-state index contributed by atoms with van der Waals surface area (Å²) >= 11 is 0. The van der Waals surface area contributed by atoms with Crippen molar-refractivity contribution in [2.45, 2.75) is 252 Å². The molecular formula is C72H112O6. The fourth-order valence-corrected chi connectivity index (χ4v) is 7.87. The molecule has 0 saturated heterocycles. The Morgan fingerprint density at radius 2 is 0.500 bits per heavy atom. The number of hydrogen-bond acceptors (Lipinski definition) is 6. The Morgan fingerprint density at radius 3 is 0.808 bits per heavy atom. The van der Waals surface area contributed by atoms with Crippen LogP contribution in [0.5, 0.6) is 0 Å². The van der Waals surface area contributed by atoms with Crippen molar-refractivity contribution in [3.8, 4) is 0 Å². The normalized spacial score (nSPS) is 13.3. The number of unbranched alkanes of at least 4 members (excludes halogenated alkanes) is 15. The van der Waals surface area contributed by atoms with Gasteiger partial charge >= 0.3 is 17.9 Å². The van der Waals surface area contributed by atoms with E-state index in [1.165, 1.54) is 44.9 Å². The third kappa shape index (κ3) is 61.6. The fraction of sp³-hybridized carbons (Fsp3) is 0.569. The van der Waals surface area contributed by atoms with Crippen molar-refractivity contribution in [3.05, 3.63) is 170 Å². The summed E-state index contributed by atoms with van der Waals surface area (Å²) in [5.41, 5.74) is 0. The Labute approximate surface area is 479 Å². The molecule has 0 radical (unpaired) electrons. The van der Waals surface area contributed by atoms with Gasteiger partial charge in [0.05, 0.1) is 0 Å². The lowest BCUT2D eigenvalue weighted by molar-refractivity contribution is -0.167. The Bertz CT molecular complexity index is 1810. The average Bonchev–Trinajstić information content (AvgIpc) is 3.44. The second-order valence-electron chi connectivity index (χ2n) is 19.9. The second-order valence-corrected chi connectivity index (χ2v) is 19.9. The van der Waals surface area contributed by atoms with Crippen molar-refractivity contribution in [1.29, 1.82) is 0 Å². The zero-order chi connectivity index (χ0) is 56.4. The average molecular weight is 1070 g/mol. The van der Waals surface area contributed by atoms with Crippen LogP contribution in [0.15, 0.2) is 170 Å². The number of rotatable bonds is 54. The predicted molar refractivity (Wildman–Crippen MR) is 338 cm³/mol. The minimum absolute atomic E-state index is 0.108. The summed E-state index contributed by atoms with van der Waals surface area (Å²) in [7, 11) is 0. The van der Waals surface area contributed by atoms with Crippen molar-refractivity contribution in [3.63, 3.8) is 0 Å². The van der Waals surface area contributed by atoms with E-state index < -0.39 is 6.10 Å². The van der Waals surface area contributed by atoms with Gasteiger partial charge in [0.25, 0.3) is 0 Å². The first-order valence-electron chi connectivity index (χ1n) is 31.1. The third-order valence-electron chi connectivity index (χ3n) is 12.5. The molecule has 0 aromatic carbocycles. The first kappa shape index (κ1) is 72.8. The van der Waals surface area contributed by atoms with E-state index in [0.717, 1.165) is 154 Å². The number of hydrogen-bond donors (Lipinski definition) is 0. The van der Waals surface area contributed by atoms with Gasteiger partial charge in [0.15, 0.2) is 6.10 Å². The molecule has 0 heterocycles. The van der Waals surface area contributed by atoms with Crippen molar-refractivity contribution < 1.29 is 28.6 Å². The second kappa shape index (κ2) is 64.3. The summed E-state index contributed by atoms with van der Waals surface area (Å²) in [6.07, 6.45) is 95.1. The van der Waals surface area contributed by atoms with E-state index in [9.17, 15) is 14.4 Å². The zero-order valence-electron chi connectivity index (χ0n) is 49.9. The molecule has 0 rings (SSSR count). The molecule has 0 saturated carbocycles. The topological polar surface area (TPSA) is 78.9 Å².